The molecule has 2 aliphatic heterocycles. The number of aromatic nitrogens is 1. The first kappa shape index (κ1) is 17.0. The fraction of sp³-hybridized carbons (Fsp3) is 0.667. The van der Waals surface area contributed by atoms with Crippen LogP contribution in [-0.2, 0) is 6.54 Å². The molecule has 0 spiro atoms. The molecule has 6 nitrogen and oxygen atoms in total. The first-order valence-electron chi connectivity index (χ1n) is 9.01. The number of likely N-dealkylation sites (tertiary alicyclic amines) is 2. The number of piperidine rings is 1. The molecule has 0 saturated carbocycles. The predicted molar refractivity (Wildman–Crippen MR) is 94.2 cm³/mol. The summed E-state index contributed by atoms with van der Waals surface area (Å²) in [7, 11) is 0. The molecule has 1 aromatic rings. The van der Waals surface area contributed by atoms with E-state index < -0.39 is 0 Å². The van der Waals surface area contributed by atoms with Crippen LogP contribution in [0.3, 0.4) is 0 Å². The standard InChI is InChI=1S/C18H28N4O2/c1-13-10-14(2)20-17(23)16(13)11-19-18(24)22-9-5-6-15(12-22)21-7-3-4-8-21/h10,15H,3-9,11-12H2,1-2H3,(H,19,24)(H,20,23). The van der Waals surface area contributed by atoms with Gasteiger partial charge in [-0.2, -0.15) is 0 Å². The van der Waals surface area contributed by atoms with Gasteiger partial charge in [-0.1, -0.05) is 0 Å². The van der Waals surface area contributed by atoms with Crippen LogP contribution < -0.4 is 10.9 Å². The topological polar surface area (TPSA) is 68.4 Å². The number of amides is 2. The minimum Gasteiger partial charge on any atom is -0.334 e. The molecule has 2 saturated heterocycles. The van der Waals surface area contributed by atoms with Crippen LogP contribution in [0.15, 0.2) is 10.9 Å². The van der Waals surface area contributed by atoms with E-state index in [1.54, 1.807) is 0 Å². The van der Waals surface area contributed by atoms with Crippen molar-refractivity contribution in [1.82, 2.24) is 20.1 Å². The zero-order valence-electron chi connectivity index (χ0n) is 14.7. The third-order valence-corrected chi connectivity index (χ3v) is 5.25. The molecular weight excluding hydrogens is 304 g/mol. The second-order valence-corrected chi connectivity index (χ2v) is 7.09. The van der Waals surface area contributed by atoms with Gasteiger partial charge in [0.25, 0.3) is 5.56 Å². The molecule has 2 amide bonds. The van der Waals surface area contributed by atoms with E-state index in [-0.39, 0.29) is 18.1 Å². The van der Waals surface area contributed by atoms with Crippen LogP contribution in [0, 0.1) is 13.8 Å². The smallest absolute Gasteiger partial charge is 0.317 e. The first-order chi connectivity index (χ1) is 11.5. The van der Waals surface area contributed by atoms with Crippen molar-refractivity contribution in [3.05, 3.63) is 33.2 Å². The molecule has 2 aliphatic rings. The Morgan fingerprint density at radius 1 is 1.25 bits per heavy atom. The van der Waals surface area contributed by atoms with Gasteiger partial charge in [-0.3, -0.25) is 9.69 Å². The number of pyridine rings is 1. The molecular formula is C18H28N4O2. The Labute approximate surface area is 143 Å². The Bertz CT molecular complexity index is 649. The van der Waals surface area contributed by atoms with Crippen LogP contribution in [0.2, 0.25) is 0 Å². The number of H-pyrrole nitrogens is 1. The van der Waals surface area contributed by atoms with Crippen LogP contribution >= 0.6 is 0 Å². The lowest BCUT2D eigenvalue weighted by atomic mass is 10.0. The van der Waals surface area contributed by atoms with E-state index in [0.717, 1.165) is 43.9 Å². The van der Waals surface area contributed by atoms with Crippen molar-refractivity contribution in [2.75, 3.05) is 26.2 Å². The number of urea groups is 1. The molecule has 3 rings (SSSR count). The zero-order valence-corrected chi connectivity index (χ0v) is 14.7. The summed E-state index contributed by atoms with van der Waals surface area (Å²) in [4.78, 5) is 31.8. The van der Waals surface area contributed by atoms with Crippen LogP contribution in [0.5, 0.6) is 0 Å². The second kappa shape index (κ2) is 7.38. The van der Waals surface area contributed by atoms with Crippen molar-refractivity contribution in [3.8, 4) is 0 Å². The SMILES string of the molecule is Cc1cc(C)c(CNC(=O)N2CCCC(N3CCCC3)C2)c(=O)[nH]1. The van der Waals surface area contributed by atoms with E-state index in [9.17, 15) is 9.59 Å². The number of nitrogens with one attached hydrogen (secondary N) is 2. The number of hydrogen-bond donors (Lipinski definition) is 2. The highest BCUT2D eigenvalue weighted by atomic mass is 16.2. The molecule has 0 aromatic carbocycles. The Kier molecular flexibility index (Phi) is 5.23. The number of nitrogens with zero attached hydrogens (tertiary/aromatic N) is 2. The number of aromatic amines is 1. The summed E-state index contributed by atoms with van der Waals surface area (Å²) in [6, 6.07) is 2.38. The number of carbonyl (C=O) groups is 1. The maximum Gasteiger partial charge on any atom is 0.317 e. The van der Waals surface area contributed by atoms with Crippen LogP contribution in [0.1, 0.15) is 42.5 Å². The van der Waals surface area contributed by atoms with Gasteiger partial charge >= 0.3 is 6.03 Å². The number of hydrogen-bond acceptors (Lipinski definition) is 3. The Balaban J connectivity index is 1.58. The average molecular weight is 332 g/mol. The molecule has 1 atom stereocenters. The van der Waals surface area contributed by atoms with Crippen molar-refractivity contribution in [3.63, 3.8) is 0 Å². The zero-order chi connectivity index (χ0) is 17.1. The Morgan fingerprint density at radius 2 is 2.00 bits per heavy atom. The fourth-order valence-electron chi connectivity index (χ4n) is 3.92. The van der Waals surface area contributed by atoms with Gasteiger partial charge in [0.2, 0.25) is 0 Å². The van der Waals surface area contributed by atoms with Crippen molar-refractivity contribution < 1.29 is 4.79 Å². The lowest BCUT2D eigenvalue weighted by Gasteiger charge is -2.37. The van der Waals surface area contributed by atoms with Gasteiger partial charge in [-0.25, -0.2) is 4.79 Å². The van der Waals surface area contributed by atoms with Gasteiger partial charge in [-0.05, 0) is 64.3 Å². The number of carbonyl (C=O) groups excluding carboxylic acids is 1. The monoisotopic (exact) mass is 332 g/mol. The van der Waals surface area contributed by atoms with Gasteiger partial charge in [0.1, 0.15) is 0 Å². The summed E-state index contributed by atoms with van der Waals surface area (Å²) in [5.74, 6) is 0. The van der Waals surface area contributed by atoms with Gasteiger partial charge in [0.05, 0.1) is 6.54 Å². The third kappa shape index (κ3) is 3.80. The van der Waals surface area contributed by atoms with Gasteiger partial charge < -0.3 is 15.2 Å². The minimum absolute atomic E-state index is 0.0572. The summed E-state index contributed by atoms with van der Waals surface area (Å²) in [5.41, 5.74) is 2.30. The van der Waals surface area contributed by atoms with Gasteiger partial charge in [-0.15, -0.1) is 0 Å². The lowest BCUT2D eigenvalue weighted by molar-refractivity contribution is 0.125. The Hall–Kier alpha value is -1.82. The quantitative estimate of drug-likeness (QED) is 0.886. The van der Waals surface area contributed by atoms with Crippen LogP contribution in [-0.4, -0.2) is 53.0 Å². The predicted octanol–water partition coefficient (Wildman–Crippen LogP) is 1.76. The van der Waals surface area contributed by atoms with Gasteiger partial charge in [0.15, 0.2) is 0 Å². The van der Waals surface area contributed by atoms with E-state index in [1.807, 2.05) is 24.8 Å². The van der Waals surface area contributed by atoms with E-state index in [1.165, 1.54) is 19.3 Å². The summed E-state index contributed by atoms with van der Waals surface area (Å²) in [5, 5.41) is 2.93. The molecule has 24 heavy (non-hydrogen) atoms. The van der Waals surface area contributed by atoms with E-state index in [0.29, 0.717) is 11.6 Å². The average Bonchev–Trinajstić information content (AvgIpc) is 3.08. The maximum absolute atomic E-state index is 12.5. The Morgan fingerprint density at radius 3 is 2.71 bits per heavy atom. The molecule has 2 N–H and O–H groups in total. The number of aryl methyl sites for hydroxylation is 2. The normalized spacial score (nSPS) is 21.9. The highest BCUT2D eigenvalue weighted by Gasteiger charge is 2.29. The molecule has 0 radical (unpaired) electrons. The van der Waals surface area contributed by atoms with E-state index >= 15 is 0 Å². The highest BCUT2D eigenvalue weighted by Crippen LogP contribution is 2.20. The first-order valence-corrected chi connectivity index (χ1v) is 9.01. The minimum atomic E-state index is -0.110. The van der Waals surface area contributed by atoms with Crippen molar-refractivity contribution >= 4 is 6.03 Å². The molecule has 3 heterocycles. The molecule has 6 heteroatoms. The highest BCUT2D eigenvalue weighted by molar-refractivity contribution is 5.74. The summed E-state index contributed by atoms with van der Waals surface area (Å²) in [6.07, 6.45) is 4.79. The third-order valence-electron chi connectivity index (χ3n) is 5.25. The fourth-order valence-corrected chi connectivity index (χ4v) is 3.92. The van der Waals surface area contributed by atoms with E-state index in [2.05, 4.69) is 15.2 Å². The summed E-state index contributed by atoms with van der Waals surface area (Å²) < 4.78 is 0. The molecule has 0 aliphatic carbocycles. The maximum atomic E-state index is 12.5. The van der Waals surface area contributed by atoms with Crippen molar-refractivity contribution in [1.29, 1.82) is 0 Å². The summed E-state index contributed by atoms with van der Waals surface area (Å²) in [6.45, 7) is 7.99. The van der Waals surface area contributed by atoms with Crippen molar-refractivity contribution in [2.24, 2.45) is 0 Å². The van der Waals surface area contributed by atoms with Crippen molar-refractivity contribution in [2.45, 2.75) is 52.1 Å². The van der Waals surface area contributed by atoms with Crippen LogP contribution in [0.25, 0.3) is 0 Å². The molecule has 2 fully saturated rings. The second-order valence-electron chi connectivity index (χ2n) is 7.09. The lowest BCUT2D eigenvalue weighted by Crippen LogP contribution is -2.51. The molecule has 0 bridgehead atoms. The summed E-state index contributed by atoms with van der Waals surface area (Å²) >= 11 is 0. The molecule has 1 aromatic heterocycles. The largest absolute Gasteiger partial charge is 0.334 e. The number of rotatable bonds is 3. The molecule has 132 valence electrons. The van der Waals surface area contributed by atoms with Gasteiger partial charge in [0, 0.05) is 30.4 Å². The van der Waals surface area contributed by atoms with E-state index in [4.69, 9.17) is 0 Å². The van der Waals surface area contributed by atoms with Crippen LogP contribution in [0.4, 0.5) is 4.79 Å². The molecule has 1 unspecified atom stereocenters.